The van der Waals surface area contributed by atoms with Gasteiger partial charge in [0.1, 0.15) is 5.82 Å². The average Bonchev–Trinajstić information content (AvgIpc) is 2.66. The zero-order chi connectivity index (χ0) is 19.4. The van der Waals surface area contributed by atoms with E-state index in [0.717, 1.165) is 18.8 Å². The van der Waals surface area contributed by atoms with E-state index in [1.165, 1.54) is 22.7 Å². The van der Waals surface area contributed by atoms with Gasteiger partial charge in [-0.1, -0.05) is 0 Å². The molecule has 0 bridgehead atoms. The van der Waals surface area contributed by atoms with E-state index < -0.39 is 10.0 Å². The van der Waals surface area contributed by atoms with E-state index in [1.807, 2.05) is 4.90 Å². The minimum atomic E-state index is -3.12. The lowest BCUT2D eigenvalue weighted by Crippen LogP contribution is -2.51. The van der Waals surface area contributed by atoms with Gasteiger partial charge in [-0.2, -0.15) is 4.31 Å². The largest absolute Gasteiger partial charge is 0.368 e. The highest BCUT2D eigenvalue weighted by atomic mass is 32.2. The first-order valence-electron chi connectivity index (χ1n) is 9.29. The van der Waals surface area contributed by atoms with E-state index in [1.54, 1.807) is 12.1 Å². The summed E-state index contributed by atoms with van der Waals surface area (Å²) in [5.74, 6) is -0.107. The van der Waals surface area contributed by atoms with Crippen molar-refractivity contribution in [2.45, 2.75) is 6.42 Å². The van der Waals surface area contributed by atoms with Crippen molar-refractivity contribution < 1.29 is 17.6 Å². The van der Waals surface area contributed by atoms with E-state index in [2.05, 4.69) is 9.80 Å². The third-order valence-corrected chi connectivity index (χ3v) is 6.57. The van der Waals surface area contributed by atoms with Gasteiger partial charge in [-0.05, 0) is 24.3 Å². The maximum Gasteiger partial charge on any atom is 0.223 e. The summed E-state index contributed by atoms with van der Waals surface area (Å²) >= 11 is 0. The number of hydrogen-bond donors (Lipinski definition) is 0. The summed E-state index contributed by atoms with van der Waals surface area (Å²) in [6.45, 7) is 5.78. The van der Waals surface area contributed by atoms with Crippen molar-refractivity contribution in [1.82, 2.24) is 14.1 Å². The fourth-order valence-electron chi connectivity index (χ4n) is 3.56. The van der Waals surface area contributed by atoms with Crippen LogP contribution < -0.4 is 4.90 Å². The zero-order valence-electron chi connectivity index (χ0n) is 15.7. The topological polar surface area (TPSA) is 64.2 Å². The second-order valence-corrected chi connectivity index (χ2v) is 9.08. The van der Waals surface area contributed by atoms with Gasteiger partial charge in [0.05, 0.1) is 6.26 Å². The number of piperazine rings is 2. The molecule has 7 nitrogen and oxygen atoms in total. The molecule has 1 aromatic carbocycles. The van der Waals surface area contributed by atoms with E-state index in [4.69, 9.17) is 0 Å². The second kappa shape index (κ2) is 8.53. The summed E-state index contributed by atoms with van der Waals surface area (Å²) in [5.41, 5.74) is 0.979. The van der Waals surface area contributed by atoms with Crippen LogP contribution in [0.4, 0.5) is 10.1 Å². The van der Waals surface area contributed by atoms with Crippen molar-refractivity contribution in [2.75, 3.05) is 70.1 Å². The van der Waals surface area contributed by atoms with Crippen LogP contribution in [0.1, 0.15) is 6.42 Å². The first-order chi connectivity index (χ1) is 12.8. The van der Waals surface area contributed by atoms with Gasteiger partial charge in [0.15, 0.2) is 0 Å². The number of benzene rings is 1. The summed E-state index contributed by atoms with van der Waals surface area (Å²) in [6.07, 6.45) is 1.69. The van der Waals surface area contributed by atoms with Gasteiger partial charge in [-0.25, -0.2) is 12.8 Å². The predicted octanol–water partition coefficient (Wildman–Crippen LogP) is 0.442. The summed E-state index contributed by atoms with van der Waals surface area (Å²) in [5, 5.41) is 0. The lowest BCUT2D eigenvalue weighted by Gasteiger charge is -2.37. The van der Waals surface area contributed by atoms with Gasteiger partial charge in [0.2, 0.25) is 15.9 Å². The molecular weight excluding hydrogens is 371 g/mol. The summed E-state index contributed by atoms with van der Waals surface area (Å²) in [7, 11) is -3.12. The Bertz CT molecular complexity index is 740. The molecule has 0 saturated carbocycles. The van der Waals surface area contributed by atoms with E-state index >= 15 is 0 Å². The first kappa shape index (κ1) is 20.0. The Morgan fingerprint density at radius 1 is 0.963 bits per heavy atom. The Kier molecular flexibility index (Phi) is 6.33. The molecular formula is C18H27FN4O3S. The average molecular weight is 399 g/mol. The normalized spacial score (nSPS) is 20.1. The van der Waals surface area contributed by atoms with E-state index in [9.17, 15) is 17.6 Å². The van der Waals surface area contributed by atoms with Gasteiger partial charge in [0, 0.05) is 71.0 Å². The summed E-state index contributed by atoms with van der Waals surface area (Å²) < 4.78 is 37.6. The molecule has 0 unspecified atom stereocenters. The van der Waals surface area contributed by atoms with Crippen LogP contribution in [0.5, 0.6) is 0 Å². The highest BCUT2D eigenvalue weighted by molar-refractivity contribution is 7.88. The molecule has 2 fully saturated rings. The van der Waals surface area contributed by atoms with Crippen LogP contribution in [0.25, 0.3) is 0 Å². The standard InChI is InChI=1S/C18H27FN4O3S/c1-27(25,26)23-14-8-20(9-15-23)7-6-18(24)22-12-10-21(11-13-22)17-4-2-16(19)3-5-17/h2-5H,6-15H2,1H3. The monoisotopic (exact) mass is 398 g/mol. The molecule has 2 saturated heterocycles. The number of amides is 1. The molecule has 0 atom stereocenters. The number of carbonyl (C=O) groups excluding carboxylic acids is 1. The number of carbonyl (C=O) groups is 1. The summed E-state index contributed by atoms with van der Waals surface area (Å²) in [4.78, 5) is 18.7. The van der Waals surface area contributed by atoms with Gasteiger partial charge < -0.3 is 14.7 Å². The van der Waals surface area contributed by atoms with Crippen molar-refractivity contribution in [3.05, 3.63) is 30.1 Å². The number of anilines is 1. The lowest BCUT2D eigenvalue weighted by atomic mass is 10.2. The van der Waals surface area contributed by atoms with Crippen LogP contribution in [-0.2, 0) is 14.8 Å². The van der Waals surface area contributed by atoms with Crippen molar-refractivity contribution in [1.29, 1.82) is 0 Å². The predicted molar refractivity (Wildman–Crippen MR) is 103 cm³/mol. The molecule has 0 aliphatic carbocycles. The third kappa shape index (κ3) is 5.40. The van der Waals surface area contributed by atoms with Crippen LogP contribution >= 0.6 is 0 Å². The molecule has 0 radical (unpaired) electrons. The Morgan fingerprint density at radius 3 is 2.11 bits per heavy atom. The van der Waals surface area contributed by atoms with Crippen molar-refractivity contribution in [2.24, 2.45) is 0 Å². The quantitative estimate of drug-likeness (QED) is 0.720. The molecule has 2 aliphatic rings. The van der Waals surface area contributed by atoms with Crippen LogP contribution in [0.3, 0.4) is 0 Å². The van der Waals surface area contributed by atoms with Gasteiger partial charge in [-0.15, -0.1) is 0 Å². The van der Waals surface area contributed by atoms with E-state index in [0.29, 0.717) is 52.2 Å². The molecule has 27 heavy (non-hydrogen) atoms. The van der Waals surface area contributed by atoms with Crippen LogP contribution in [0.2, 0.25) is 0 Å². The Morgan fingerprint density at radius 2 is 1.56 bits per heavy atom. The lowest BCUT2D eigenvalue weighted by molar-refractivity contribution is -0.131. The first-order valence-corrected chi connectivity index (χ1v) is 11.1. The Hall–Kier alpha value is -1.71. The van der Waals surface area contributed by atoms with Crippen molar-refractivity contribution >= 4 is 21.6 Å². The minimum Gasteiger partial charge on any atom is -0.368 e. The molecule has 0 spiro atoms. The van der Waals surface area contributed by atoms with Crippen LogP contribution in [-0.4, -0.2) is 93.6 Å². The molecule has 1 aromatic rings. The SMILES string of the molecule is CS(=O)(=O)N1CCN(CCC(=O)N2CCN(c3ccc(F)cc3)CC2)CC1. The fourth-order valence-corrected chi connectivity index (χ4v) is 4.39. The van der Waals surface area contributed by atoms with Crippen LogP contribution in [0, 0.1) is 5.82 Å². The molecule has 9 heteroatoms. The molecule has 1 amide bonds. The number of hydrogen-bond acceptors (Lipinski definition) is 5. The number of halogens is 1. The smallest absolute Gasteiger partial charge is 0.223 e. The Labute approximate surface area is 160 Å². The highest BCUT2D eigenvalue weighted by Crippen LogP contribution is 2.17. The van der Waals surface area contributed by atoms with Crippen molar-refractivity contribution in [3.63, 3.8) is 0 Å². The van der Waals surface area contributed by atoms with E-state index in [-0.39, 0.29) is 11.7 Å². The molecule has 0 aromatic heterocycles. The maximum absolute atomic E-state index is 13.0. The highest BCUT2D eigenvalue weighted by Gasteiger charge is 2.25. The number of rotatable bonds is 5. The molecule has 3 rings (SSSR count). The van der Waals surface area contributed by atoms with Crippen LogP contribution in [0.15, 0.2) is 24.3 Å². The zero-order valence-corrected chi connectivity index (χ0v) is 16.5. The van der Waals surface area contributed by atoms with Gasteiger partial charge >= 0.3 is 0 Å². The second-order valence-electron chi connectivity index (χ2n) is 7.10. The number of sulfonamides is 1. The third-order valence-electron chi connectivity index (χ3n) is 5.27. The fraction of sp³-hybridized carbons (Fsp3) is 0.611. The molecule has 0 N–H and O–H groups in total. The minimum absolute atomic E-state index is 0.138. The Balaban J connectivity index is 1.39. The molecule has 2 heterocycles. The van der Waals surface area contributed by atoms with Gasteiger partial charge in [0.25, 0.3) is 0 Å². The van der Waals surface area contributed by atoms with Crippen molar-refractivity contribution in [3.8, 4) is 0 Å². The molecule has 150 valence electrons. The molecule has 2 aliphatic heterocycles. The number of nitrogens with zero attached hydrogens (tertiary/aromatic N) is 4. The summed E-state index contributed by atoms with van der Waals surface area (Å²) in [6, 6.07) is 6.44. The maximum atomic E-state index is 13.0. The van der Waals surface area contributed by atoms with Gasteiger partial charge in [-0.3, -0.25) is 4.79 Å².